The number of hydrogen-bond donors (Lipinski definition) is 3. The first kappa shape index (κ1) is 14.7. The lowest BCUT2D eigenvalue weighted by Crippen LogP contribution is -2.40. The second-order valence-electron chi connectivity index (χ2n) is 4.30. The molecule has 18 heavy (non-hydrogen) atoms. The molecule has 0 aliphatic heterocycles. The number of primary amides is 1. The molecule has 0 saturated carbocycles. The van der Waals surface area contributed by atoms with Crippen molar-refractivity contribution in [2.45, 2.75) is 19.9 Å². The molecule has 0 saturated heterocycles. The summed E-state index contributed by atoms with van der Waals surface area (Å²) in [6.07, 6.45) is 0. The Bertz CT molecular complexity index is 476. The van der Waals surface area contributed by atoms with Gasteiger partial charge in [-0.2, -0.15) is 0 Å². The van der Waals surface area contributed by atoms with Crippen LogP contribution in [0.5, 0.6) is 0 Å². The Labute approximate surface area is 117 Å². The van der Waals surface area contributed by atoms with Crippen LogP contribution < -0.4 is 16.8 Å². The molecule has 0 heterocycles. The summed E-state index contributed by atoms with van der Waals surface area (Å²) in [5.74, 6) is -0.389. The quantitative estimate of drug-likeness (QED) is 0.722. The minimum Gasteiger partial charge on any atom is -0.389 e. The molecule has 1 unspecified atom stereocenters. The molecule has 0 spiro atoms. The van der Waals surface area contributed by atoms with Crippen molar-refractivity contribution in [2.75, 3.05) is 5.32 Å². The van der Waals surface area contributed by atoms with Crippen molar-refractivity contribution < 1.29 is 4.79 Å². The second kappa shape index (κ2) is 6.02. The molecule has 0 aliphatic rings. The van der Waals surface area contributed by atoms with E-state index in [2.05, 4.69) is 5.32 Å². The van der Waals surface area contributed by atoms with Crippen LogP contribution in [-0.4, -0.2) is 16.9 Å². The van der Waals surface area contributed by atoms with Gasteiger partial charge < -0.3 is 16.8 Å². The van der Waals surface area contributed by atoms with Gasteiger partial charge in [-0.3, -0.25) is 4.79 Å². The van der Waals surface area contributed by atoms with Gasteiger partial charge >= 0.3 is 0 Å². The van der Waals surface area contributed by atoms with Gasteiger partial charge in [-0.25, -0.2) is 0 Å². The normalized spacial score (nSPS) is 12.2. The number of thiocarbonyl (C=S) groups is 1. The van der Waals surface area contributed by atoms with Crippen molar-refractivity contribution in [3.8, 4) is 0 Å². The van der Waals surface area contributed by atoms with E-state index in [0.29, 0.717) is 16.3 Å². The van der Waals surface area contributed by atoms with Crippen molar-refractivity contribution in [3.63, 3.8) is 0 Å². The van der Waals surface area contributed by atoms with Crippen LogP contribution in [0.25, 0.3) is 0 Å². The molecular formula is C12H16ClN3OS. The number of nitrogens with two attached hydrogens (primary N) is 2. The van der Waals surface area contributed by atoms with Gasteiger partial charge in [0.1, 0.15) is 11.0 Å². The molecule has 4 nitrogen and oxygen atoms in total. The third kappa shape index (κ3) is 3.34. The van der Waals surface area contributed by atoms with E-state index in [9.17, 15) is 4.79 Å². The highest BCUT2D eigenvalue weighted by molar-refractivity contribution is 7.80. The summed E-state index contributed by atoms with van der Waals surface area (Å²) in [4.78, 5) is 11.6. The fourth-order valence-electron chi connectivity index (χ4n) is 1.63. The van der Waals surface area contributed by atoms with Gasteiger partial charge in [0, 0.05) is 5.69 Å². The summed E-state index contributed by atoms with van der Waals surface area (Å²) in [7, 11) is 0. The Kier molecular flexibility index (Phi) is 4.93. The Morgan fingerprint density at radius 1 is 1.39 bits per heavy atom. The van der Waals surface area contributed by atoms with E-state index in [1.807, 2.05) is 13.8 Å². The Hall–Kier alpha value is -1.33. The van der Waals surface area contributed by atoms with Crippen LogP contribution in [0.4, 0.5) is 5.69 Å². The number of hydrogen-bond acceptors (Lipinski definition) is 3. The number of carbonyl (C=O) groups excluding carboxylic acids is 1. The van der Waals surface area contributed by atoms with Crippen LogP contribution in [0.15, 0.2) is 18.2 Å². The minimum absolute atomic E-state index is 0.0423. The van der Waals surface area contributed by atoms with Gasteiger partial charge in [-0.15, -0.1) is 0 Å². The van der Waals surface area contributed by atoms with Crippen molar-refractivity contribution in [3.05, 3.63) is 28.8 Å². The lowest BCUT2D eigenvalue weighted by atomic mass is 10.0. The van der Waals surface area contributed by atoms with E-state index in [0.717, 1.165) is 0 Å². The highest BCUT2D eigenvalue weighted by Gasteiger charge is 2.21. The third-order valence-electron chi connectivity index (χ3n) is 2.54. The SMILES string of the molecule is CC(C)C(Nc1cccc(Cl)c1C(N)=S)C(N)=O. The molecule has 5 N–H and O–H groups in total. The third-order valence-corrected chi connectivity index (χ3v) is 3.06. The maximum atomic E-state index is 11.4. The summed E-state index contributed by atoms with van der Waals surface area (Å²) >= 11 is 11.0. The van der Waals surface area contributed by atoms with E-state index in [1.54, 1.807) is 18.2 Å². The summed E-state index contributed by atoms with van der Waals surface area (Å²) in [6, 6.07) is 4.70. The van der Waals surface area contributed by atoms with Gasteiger partial charge in [-0.05, 0) is 18.1 Å². The molecule has 1 aromatic rings. The zero-order valence-electron chi connectivity index (χ0n) is 10.2. The molecule has 0 aromatic heterocycles. The Balaban J connectivity index is 3.14. The first-order valence-corrected chi connectivity index (χ1v) is 6.27. The molecule has 1 amide bonds. The van der Waals surface area contributed by atoms with Gasteiger partial charge in [0.25, 0.3) is 0 Å². The van der Waals surface area contributed by atoms with E-state index in [4.69, 9.17) is 35.3 Å². The van der Waals surface area contributed by atoms with Crippen LogP contribution >= 0.6 is 23.8 Å². The molecule has 0 radical (unpaired) electrons. The number of benzene rings is 1. The molecule has 1 rings (SSSR count). The summed E-state index contributed by atoms with van der Waals surface area (Å²) in [5.41, 5.74) is 12.1. The first-order chi connectivity index (χ1) is 8.34. The molecule has 1 atom stereocenters. The summed E-state index contributed by atoms with van der Waals surface area (Å²) < 4.78 is 0. The van der Waals surface area contributed by atoms with Crippen LogP contribution in [0, 0.1) is 5.92 Å². The lowest BCUT2D eigenvalue weighted by molar-refractivity contribution is -0.119. The van der Waals surface area contributed by atoms with Gasteiger partial charge in [0.2, 0.25) is 5.91 Å². The highest BCUT2D eigenvalue weighted by atomic mass is 35.5. The zero-order chi connectivity index (χ0) is 13.9. The summed E-state index contributed by atoms with van der Waals surface area (Å²) in [5, 5.41) is 3.49. The fraction of sp³-hybridized carbons (Fsp3) is 0.333. The monoisotopic (exact) mass is 285 g/mol. The Morgan fingerprint density at radius 3 is 2.44 bits per heavy atom. The number of halogens is 1. The number of carbonyl (C=O) groups is 1. The summed E-state index contributed by atoms with van der Waals surface area (Å²) in [6.45, 7) is 3.79. The second-order valence-corrected chi connectivity index (χ2v) is 5.14. The molecule has 0 fully saturated rings. The van der Waals surface area contributed by atoms with E-state index < -0.39 is 11.9 Å². The fourth-order valence-corrected chi connectivity index (χ4v) is 2.18. The number of nitrogens with one attached hydrogen (secondary N) is 1. The lowest BCUT2D eigenvalue weighted by Gasteiger charge is -2.22. The first-order valence-electron chi connectivity index (χ1n) is 5.48. The van der Waals surface area contributed by atoms with E-state index >= 15 is 0 Å². The predicted octanol–water partition coefficient (Wildman–Crippen LogP) is 1.90. The van der Waals surface area contributed by atoms with Gasteiger partial charge in [-0.1, -0.05) is 43.7 Å². The van der Waals surface area contributed by atoms with Crippen LogP contribution in [0.2, 0.25) is 5.02 Å². The van der Waals surface area contributed by atoms with Crippen LogP contribution in [0.3, 0.4) is 0 Å². The minimum atomic E-state index is -0.503. The smallest absolute Gasteiger partial charge is 0.240 e. The standard InChI is InChI=1S/C12H16ClN3OS/c1-6(2)10(11(14)17)16-8-5-3-4-7(13)9(8)12(15)18/h3-6,10,16H,1-2H3,(H2,14,17)(H2,15,18). The topological polar surface area (TPSA) is 81.1 Å². The average molecular weight is 286 g/mol. The molecule has 0 bridgehead atoms. The molecular weight excluding hydrogens is 270 g/mol. The van der Waals surface area contributed by atoms with Crippen molar-refractivity contribution in [1.29, 1.82) is 0 Å². The molecule has 0 aliphatic carbocycles. The van der Waals surface area contributed by atoms with Crippen molar-refractivity contribution in [1.82, 2.24) is 0 Å². The van der Waals surface area contributed by atoms with Crippen LogP contribution in [0.1, 0.15) is 19.4 Å². The predicted molar refractivity (Wildman–Crippen MR) is 78.8 cm³/mol. The van der Waals surface area contributed by atoms with Crippen LogP contribution in [-0.2, 0) is 4.79 Å². The number of anilines is 1. The largest absolute Gasteiger partial charge is 0.389 e. The Morgan fingerprint density at radius 2 is 2.00 bits per heavy atom. The van der Waals surface area contributed by atoms with Gasteiger partial charge in [0.15, 0.2) is 0 Å². The van der Waals surface area contributed by atoms with Crippen molar-refractivity contribution in [2.24, 2.45) is 17.4 Å². The maximum Gasteiger partial charge on any atom is 0.240 e. The maximum absolute atomic E-state index is 11.4. The van der Waals surface area contributed by atoms with E-state index in [1.165, 1.54) is 0 Å². The number of rotatable bonds is 5. The molecule has 1 aromatic carbocycles. The van der Waals surface area contributed by atoms with Crippen molar-refractivity contribution >= 4 is 40.4 Å². The highest BCUT2D eigenvalue weighted by Crippen LogP contribution is 2.25. The average Bonchev–Trinajstić information content (AvgIpc) is 2.24. The molecule has 6 heteroatoms. The molecule has 98 valence electrons. The van der Waals surface area contributed by atoms with E-state index in [-0.39, 0.29) is 10.9 Å². The van der Waals surface area contributed by atoms with Gasteiger partial charge in [0.05, 0.1) is 10.6 Å². The zero-order valence-corrected chi connectivity index (χ0v) is 11.8. The number of amides is 1.